The number of nitrogens with zero attached hydrogens (tertiary/aromatic N) is 1. The molecule has 0 radical (unpaired) electrons. The second-order valence-corrected chi connectivity index (χ2v) is 8.48. The maximum atomic E-state index is 4.10. The molecule has 1 fully saturated rings. The molecule has 1 saturated heterocycles. The Bertz CT molecular complexity index is 591. The summed E-state index contributed by atoms with van der Waals surface area (Å²) in [5.74, 6) is 0. The summed E-state index contributed by atoms with van der Waals surface area (Å²) in [5, 5.41) is 7.53. The van der Waals surface area contributed by atoms with Gasteiger partial charge in [-0.3, -0.25) is 0 Å². The molecule has 0 aromatic rings. The molecule has 2 rings (SSSR count). The summed E-state index contributed by atoms with van der Waals surface area (Å²) < 4.78 is 0. The van der Waals surface area contributed by atoms with Gasteiger partial charge in [-0.25, -0.2) is 0 Å². The average Bonchev–Trinajstić information content (AvgIpc) is 2.75. The van der Waals surface area contributed by atoms with Gasteiger partial charge in [-0.05, 0) is 77.0 Å². The van der Waals surface area contributed by atoms with E-state index in [4.69, 9.17) is 0 Å². The van der Waals surface area contributed by atoms with Gasteiger partial charge in [0.2, 0.25) is 0 Å². The van der Waals surface area contributed by atoms with E-state index in [0.29, 0.717) is 6.04 Å². The normalized spacial score (nSPS) is 19.7. The van der Waals surface area contributed by atoms with Crippen molar-refractivity contribution in [2.24, 2.45) is 0 Å². The zero-order valence-electron chi connectivity index (χ0n) is 18.9. The van der Waals surface area contributed by atoms with E-state index in [1.165, 1.54) is 68.6 Å². The molecule has 158 valence electrons. The van der Waals surface area contributed by atoms with Gasteiger partial charge in [0.15, 0.2) is 0 Å². The first-order chi connectivity index (χ1) is 13.6. The third-order valence-corrected chi connectivity index (χ3v) is 6.40. The lowest BCUT2D eigenvalue weighted by molar-refractivity contribution is 0.277. The Morgan fingerprint density at radius 1 is 1.21 bits per heavy atom. The highest BCUT2D eigenvalue weighted by molar-refractivity contribution is 5.40. The number of likely N-dealkylation sites (tertiary alicyclic amines) is 1. The van der Waals surface area contributed by atoms with Crippen molar-refractivity contribution in [3.63, 3.8) is 0 Å². The third kappa shape index (κ3) is 6.84. The second-order valence-electron chi connectivity index (χ2n) is 8.48. The minimum atomic E-state index is 0.516. The summed E-state index contributed by atoms with van der Waals surface area (Å²) in [6.07, 6.45) is 14.2. The molecule has 2 aliphatic rings. The summed E-state index contributed by atoms with van der Waals surface area (Å²) in [4.78, 5) is 2.56. The highest BCUT2D eigenvalue weighted by atomic mass is 15.2. The number of hydrogen-bond donors (Lipinski definition) is 2. The molecule has 3 nitrogen and oxygen atoms in total. The van der Waals surface area contributed by atoms with Crippen molar-refractivity contribution in [1.29, 1.82) is 0 Å². The van der Waals surface area contributed by atoms with Crippen molar-refractivity contribution in [1.82, 2.24) is 15.5 Å². The van der Waals surface area contributed by atoms with Gasteiger partial charge in [-0.15, -0.1) is 0 Å². The Morgan fingerprint density at radius 3 is 2.61 bits per heavy atom. The van der Waals surface area contributed by atoms with Gasteiger partial charge in [-0.2, -0.15) is 0 Å². The van der Waals surface area contributed by atoms with Gasteiger partial charge in [0, 0.05) is 36.9 Å². The zero-order chi connectivity index (χ0) is 20.4. The Kier molecular flexibility index (Phi) is 9.91. The maximum Gasteiger partial charge on any atom is 0.0547 e. The summed E-state index contributed by atoms with van der Waals surface area (Å²) >= 11 is 0. The van der Waals surface area contributed by atoms with Crippen LogP contribution in [0.15, 0.2) is 46.8 Å². The Labute approximate surface area is 174 Å². The molecule has 2 heterocycles. The molecule has 0 spiro atoms. The lowest BCUT2D eigenvalue weighted by atomic mass is 9.96. The fourth-order valence-corrected chi connectivity index (χ4v) is 4.15. The van der Waals surface area contributed by atoms with Gasteiger partial charge in [0.05, 0.1) is 6.54 Å². The standard InChI is InChI=1S/C25H43N3/c1-6-14-26-23(13-12-21(5)20(4)7-2)18-25-22(8-3)17-24(19-27-25)28-15-10-9-11-16-28/h8,17,23,26-27H,3,6-7,9-16,18-19H2,1-2,4-5H3/b21-20+. The highest BCUT2D eigenvalue weighted by Crippen LogP contribution is 2.24. The first-order valence-corrected chi connectivity index (χ1v) is 11.5. The molecule has 2 aliphatic heterocycles. The maximum absolute atomic E-state index is 4.10. The van der Waals surface area contributed by atoms with Crippen molar-refractivity contribution in [2.45, 2.75) is 85.1 Å². The van der Waals surface area contributed by atoms with E-state index in [2.05, 4.69) is 55.9 Å². The molecule has 0 aromatic carbocycles. The molecule has 3 heteroatoms. The molecule has 0 amide bonds. The quantitative estimate of drug-likeness (QED) is 0.448. The predicted octanol–water partition coefficient (Wildman–Crippen LogP) is 5.68. The first kappa shape index (κ1) is 22.8. The topological polar surface area (TPSA) is 27.3 Å². The fourth-order valence-electron chi connectivity index (χ4n) is 4.15. The molecule has 28 heavy (non-hydrogen) atoms. The summed E-state index contributed by atoms with van der Waals surface area (Å²) in [6, 6.07) is 0.516. The van der Waals surface area contributed by atoms with Gasteiger partial charge in [-0.1, -0.05) is 37.6 Å². The molecule has 0 aliphatic carbocycles. The zero-order valence-corrected chi connectivity index (χ0v) is 18.9. The molecular formula is C25H43N3. The molecule has 1 atom stereocenters. The summed E-state index contributed by atoms with van der Waals surface area (Å²) in [5.41, 5.74) is 7.19. The van der Waals surface area contributed by atoms with Crippen molar-refractivity contribution in [2.75, 3.05) is 26.2 Å². The summed E-state index contributed by atoms with van der Waals surface area (Å²) in [7, 11) is 0. The van der Waals surface area contributed by atoms with E-state index in [1.807, 2.05) is 6.08 Å². The van der Waals surface area contributed by atoms with E-state index in [-0.39, 0.29) is 0 Å². The van der Waals surface area contributed by atoms with Crippen LogP contribution in [0.5, 0.6) is 0 Å². The number of rotatable bonds is 11. The van der Waals surface area contributed by atoms with E-state index in [1.54, 1.807) is 11.1 Å². The number of piperidine rings is 1. The van der Waals surface area contributed by atoms with Crippen LogP contribution in [0.1, 0.15) is 79.1 Å². The minimum absolute atomic E-state index is 0.516. The first-order valence-electron chi connectivity index (χ1n) is 11.5. The van der Waals surface area contributed by atoms with Crippen LogP contribution in [0.2, 0.25) is 0 Å². The van der Waals surface area contributed by atoms with Crippen LogP contribution in [0, 0.1) is 0 Å². The van der Waals surface area contributed by atoms with Gasteiger partial charge in [0.1, 0.15) is 0 Å². The van der Waals surface area contributed by atoms with E-state index in [9.17, 15) is 0 Å². The van der Waals surface area contributed by atoms with Crippen LogP contribution in [0.3, 0.4) is 0 Å². The highest BCUT2D eigenvalue weighted by Gasteiger charge is 2.20. The van der Waals surface area contributed by atoms with Gasteiger partial charge < -0.3 is 15.5 Å². The number of hydrogen-bond acceptors (Lipinski definition) is 3. The predicted molar refractivity (Wildman–Crippen MR) is 123 cm³/mol. The van der Waals surface area contributed by atoms with Crippen LogP contribution in [0.4, 0.5) is 0 Å². The SMILES string of the molecule is C=CC1=C(CC(CC/C(C)=C(\C)CC)NCCC)NCC(N2CCCCC2)=C1. The smallest absolute Gasteiger partial charge is 0.0547 e. The minimum Gasteiger partial charge on any atom is -0.382 e. The van der Waals surface area contributed by atoms with Crippen LogP contribution in [0.25, 0.3) is 0 Å². The monoisotopic (exact) mass is 385 g/mol. The summed E-state index contributed by atoms with van der Waals surface area (Å²) in [6.45, 7) is 17.6. The Hall–Kier alpha value is -1.48. The lowest BCUT2D eigenvalue weighted by Gasteiger charge is -2.34. The molecule has 0 aromatic heterocycles. The second kappa shape index (κ2) is 12.2. The number of dihydropyridines is 1. The van der Waals surface area contributed by atoms with E-state index < -0.39 is 0 Å². The lowest BCUT2D eigenvalue weighted by Crippen LogP contribution is -2.38. The average molecular weight is 386 g/mol. The van der Waals surface area contributed by atoms with Gasteiger partial charge in [0.25, 0.3) is 0 Å². The van der Waals surface area contributed by atoms with Crippen molar-refractivity contribution in [3.05, 3.63) is 46.8 Å². The van der Waals surface area contributed by atoms with Gasteiger partial charge >= 0.3 is 0 Å². The molecule has 1 unspecified atom stereocenters. The molecule has 2 N–H and O–H groups in total. The Morgan fingerprint density at radius 2 is 1.96 bits per heavy atom. The largest absolute Gasteiger partial charge is 0.382 e. The molecule has 0 bridgehead atoms. The van der Waals surface area contributed by atoms with Crippen molar-refractivity contribution >= 4 is 0 Å². The van der Waals surface area contributed by atoms with Crippen LogP contribution >= 0.6 is 0 Å². The van der Waals surface area contributed by atoms with E-state index >= 15 is 0 Å². The number of allylic oxidation sites excluding steroid dienone is 5. The van der Waals surface area contributed by atoms with E-state index in [0.717, 1.165) is 25.9 Å². The molecule has 0 saturated carbocycles. The van der Waals surface area contributed by atoms with Crippen LogP contribution < -0.4 is 10.6 Å². The van der Waals surface area contributed by atoms with Crippen molar-refractivity contribution in [3.8, 4) is 0 Å². The fraction of sp³-hybridized carbons (Fsp3) is 0.680. The Balaban J connectivity index is 2.06. The molecular weight excluding hydrogens is 342 g/mol. The number of nitrogens with one attached hydrogen (secondary N) is 2. The van der Waals surface area contributed by atoms with Crippen LogP contribution in [-0.4, -0.2) is 37.1 Å². The van der Waals surface area contributed by atoms with Crippen LogP contribution in [-0.2, 0) is 0 Å². The van der Waals surface area contributed by atoms with Crippen molar-refractivity contribution < 1.29 is 0 Å². The third-order valence-electron chi connectivity index (χ3n) is 6.40.